The molecule has 1 unspecified atom stereocenters. The highest BCUT2D eigenvalue weighted by atomic mass is 35.5. The Kier molecular flexibility index (Phi) is 7.36. The summed E-state index contributed by atoms with van der Waals surface area (Å²) >= 11 is 7.72. The van der Waals surface area contributed by atoms with Crippen molar-refractivity contribution < 1.29 is 22.7 Å². The predicted molar refractivity (Wildman–Crippen MR) is 174 cm³/mol. The predicted octanol–water partition coefficient (Wildman–Crippen LogP) is 4.52. The van der Waals surface area contributed by atoms with E-state index in [1.165, 1.54) is 12.1 Å². The molecule has 4 aliphatic rings. The number of aromatic nitrogens is 2. The Hall–Kier alpha value is -3.90. The van der Waals surface area contributed by atoms with E-state index < -0.39 is 23.3 Å². The Morgan fingerprint density at radius 2 is 2.13 bits per heavy atom. The fourth-order valence-electron chi connectivity index (χ4n) is 7.49. The number of hydrogen-bond donors (Lipinski definition) is 3. The first kappa shape index (κ1) is 30.4. The van der Waals surface area contributed by atoms with E-state index in [1.54, 1.807) is 6.07 Å². The van der Waals surface area contributed by atoms with Crippen molar-refractivity contribution in [2.75, 3.05) is 50.0 Å². The Labute approximate surface area is 276 Å². The molecule has 2 aromatic carbocycles. The van der Waals surface area contributed by atoms with Crippen LogP contribution < -0.4 is 26.0 Å². The molecular weight excluding hydrogens is 653 g/mol. The second kappa shape index (κ2) is 11.4. The molecule has 4 N–H and O–H groups in total. The molecule has 2 aromatic heterocycles. The third-order valence-electron chi connectivity index (χ3n) is 9.83. The molecule has 4 aromatic rings. The van der Waals surface area contributed by atoms with Crippen LogP contribution in [0.1, 0.15) is 31.2 Å². The SMILES string of the molecule is N#Cc1c(N)sc2c(F)ccc(-c3c(Cl)cc4c(N5CCC(NC(=O)[C@H]6CN6)C5)nc(OC[C@@]56CCCN5C[C@H](F)C6)nc4c3F)c12. The van der Waals surface area contributed by atoms with Gasteiger partial charge in [-0.2, -0.15) is 15.2 Å². The maximum atomic E-state index is 16.9. The number of fused-ring (bicyclic) bond motifs is 3. The quantitative estimate of drug-likeness (QED) is 0.240. The molecule has 6 heterocycles. The van der Waals surface area contributed by atoms with E-state index in [-0.39, 0.29) is 72.9 Å². The van der Waals surface area contributed by atoms with Crippen LogP contribution in [-0.2, 0) is 4.79 Å². The zero-order valence-corrected chi connectivity index (χ0v) is 26.7. The normalized spacial score (nSPS) is 25.4. The second-order valence-electron chi connectivity index (χ2n) is 12.8. The lowest BCUT2D eigenvalue weighted by Crippen LogP contribution is -2.43. The number of thiophene rings is 1. The van der Waals surface area contributed by atoms with Gasteiger partial charge in [-0.25, -0.2) is 13.2 Å². The minimum absolute atomic E-state index is 0.0133. The number of benzene rings is 2. The minimum atomic E-state index is -0.950. The number of anilines is 2. The number of carbonyl (C=O) groups excluding carboxylic acids is 1. The van der Waals surface area contributed by atoms with Crippen molar-refractivity contribution in [1.82, 2.24) is 25.5 Å². The molecule has 0 saturated carbocycles. The molecule has 1 amide bonds. The van der Waals surface area contributed by atoms with Crippen molar-refractivity contribution in [3.8, 4) is 23.2 Å². The first-order valence-corrected chi connectivity index (χ1v) is 16.8. The van der Waals surface area contributed by atoms with E-state index in [9.17, 15) is 18.8 Å². The summed E-state index contributed by atoms with van der Waals surface area (Å²) in [6.45, 7) is 2.87. The van der Waals surface area contributed by atoms with Crippen LogP contribution in [0, 0.1) is 23.0 Å². The Morgan fingerprint density at radius 1 is 1.30 bits per heavy atom. The molecule has 47 heavy (non-hydrogen) atoms. The highest BCUT2D eigenvalue weighted by molar-refractivity contribution is 7.23. The van der Waals surface area contributed by atoms with Gasteiger partial charge in [-0.05, 0) is 43.5 Å². The van der Waals surface area contributed by atoms with Crippen LogP contribution in [0.5, 0.6) is 6.01 Å². The number of rotatable bonds is 7. The van der Waals surface area contributed by atoms with Crippen molar-refractivity contribution >= 4 is 60.7 Å². The fraction of sp³-hybridized carbons (Fsp3) is 0.438. The number of nitriles is 1. The summed E-state index contributed by atoms with van der Waals surface area (Å²) in [5.74, 6) is -1.06. The molecule has 0 aliphatic carbocycles. The molecule has 4 aliphatic heterocycles. The zero-order chi connectivity index (χ0) is 32.6. The van der Waals surface area contributed by atoms with Gasteiger partial charge in [0.15, 0.2) is 5.82 Å². The van der Waals surface area contributed by atoms with Gasteiger partial charge in [-0.1, -0.05) is 17.7 Å². The molecule has 4 atom stereocenters. The lowest BCUT2D eigenvalue weighted by atomic mass is 9.95. The van der Waals surface area contributed by atoms with Gasteiger partial charge in [0.25, 0.3) is 0 Å². The lowest BCUT2D eigenvalue weighted by Gasteiger charge is -2.31. The zero-order valence-electron chi connectivity index (χ0n) is 25.1. The maximum absolute atomic E-state index is 16.9. The molecular formula is C32H30ClF3N8O2S. The Balaban J connectivity index is 1.24. The van der Waals surface area contributed by atoms with Gasteiger partial charge in [-0.3, -0.25) is 9.69 Å². The second-order valence-corrected chi connectivity index (χ2v) is 14.2. The summed E-state index contributed by atoms with van der Waals surface area (Å²) < 4.78 is 52.6. The summed E-state index contributed by atoms with van der Waals surface area (Å²) in [6.07, 6.45) is 1.74. The van der Waals surface area contributed by atoms with Gasteiger partial charge >= 0.3 is 6.01 Å². The van der Waals surface area contributed by atoms with Crippen LogP contribution in [-0.4, -0.2) is 83.9 Å². The molecule has 4 saturated heterocycles. The first-order valence-electron chi connectivity index (χ1n) is 15.6. The van der Waals surface area contributed by atoms with E-state index in [0.717, 1.165) is 30.7 Å². The van der Waals surface area contributed by atoms with Crippen LogP contribution in [0.4, 0.5) is 24.0 Å². The third-order valence-corrected chi connectivity index (χ3v) is 11.2. The molecule has 0 spiro atoms. The van der Waals surface area contributed by atoms with E-state index in [1.807, 2.05) is 11.0 Å². The van der Waals surface area contributed by atoms with Crippen LogP contribution >= 0.6 is 22.9 Å². The van der Waals surface area contributed by atoms with Crippen molar-refractivity contribution in [3.63, 3.8) is 0 Å². The topological polar surface area (TPSA) is 142 Å². The van der Waals surface area contributed by atoms with E-state index in [4.69, 9.17) is 27.1 Å². The average Bonchev–Trinajstić information content (AvgIpc) is 3.35. The average molecular weight is 683 g/mol. The van der Waals surface area contributed by atoms with E-state index >= 15 is 4.39 Å². The molecule has 10 nitrogen and oxygen atoms in total. The monoisotopic (exact) mass is 682 g/mol. The van der Waals surface area contributed by atoms with Crippen molar-refractivity contribution in [3.05, 3.63) is 40.4 Å². The van der Waals surface area contributed by atoms with Crippen LogP contribution in [0.15, 0.2) is 18.2 Å². The number of hydrogen-bond acceptors (Lipinski definition) is 10. The van der Waals surface area contributed by atoms with Gasteiger partial charge in [-0.15, -0.1) is 11.3 Å². The number of nitrogen functional groups attached to an aromatic ring is 1. The summed E-state index contributed by atoms with van der Waals surface area (Å²) in [5.41, 5.74) is 5.68. The van der Waals surface area contributed by atoms with E-state index in [0.29, 0.717) is 50.2 Å². The van der Waals surface area contributed by atoms with Gasteiger partial charge in [0.2, 0.25) is 5.91 Å². The summed E-state index contributed by atoms with van der Waals surface area (Å²) in [4.78, 5) is 25.7. The number of halogens is 4. The lowest BCUT2D eigenvalue weighted by molar-refractivity contribution is -0.121. The minimum Gasteiger partial charge on any atom is -0.461 e. The third kappa shape index (κ3) is 5.11. The molecule has 4 fully saturated rings. The number of nitrogens with zero attached hydrogens (tertiary/aromatic N) is 5. The van der Waals surface area contributed by atoms with Gasteiger partial charge < -0.3 is 26.0 Å². The Morgan fingerprint density at radius 3 is 2.91 bits per heavy atom. The summed E-state index contributed by atoms with van der Waals surface area (Å²) in [5, 5.41) is 16.5. The van der Waals surface area contributed by atoms with Crippen LogP contribution in [0.25, 0.3) is 32.1 Å². The van der Waals surface area contributed by atoms with Crippen LogP contribution in [0.2, 0.25) is 5.02 Å². The van der Waals surface area contributed by atoms with Crippen molar-refractivity contribution in [1.29, 1.82) is 5.26 Å². The number of alkyl halides is 1. The summed E-state index contributed by atoms with van der Waals surface area (Å²) in [6, 6.07) is 5.75. The highest BCUT2D eigenvalue weighted by Gasteiger charge is 2.49. The summed E-state index contributed by atoms with van der Waals surface area (Å²) in [7, 11) is 0. The number of ether oxygens (including phenoxy) is 1. The number of nitrogens with two attached hydrogens (primary N) is 1. The smallest absolute Gasteiger partial charge is 0.319 e. The van der Waals surface area contributed by atoms with Gasteiger partial charge in [0.05, 0.1) is 26.9 Å². The van der Waals surface area contributed by atoms with Gasteiger partial charge in [0.1, 0.15) is 41.0 Å². The molecule has 0 radical (unpaired) electrons. The maximum Gasteiger partial charge on any atom is 0.319 e. The number of amides is 1. The van der Waals surface area contributed by atoms with Crippen LogP contribution in [0.3, 0.4) is 0 Å². The van der Waals surface area contributed by atoms with Crippen molar-refractivity contribution in [2.45, 2.75) is 49.5 Å². The Bertz CT molecular complexity index is 2000. The van der Waals surface area contributed by atoms with E-state index in [2.05, 4.69) is 20.5 Å². The standard InChI is InChI=1S/C32H30ClF3N8O2S/c33-20-8-18-26(25(36)24(20)17-2-3-21(35)27-23(17)19(10-37)28(38)47-27)41-31(46-14-32-5-1-6-44(32)12-15(34)9-32)42-29(18)43-7-4-16(13-43)40-30(45)22-11-39-22/h2-3,8,15-16,22,39H,1,4-7,9,11-14,38H2,(H,40,45)/t15-,16?,22-,32+/m1/s1. The van der Waals surface area contributed by atoms with Gasteiger partial charge in [0, 0.05) is 55.0 Å². The first-order chi connectivity index (χ1) is 22.7. The molecule has 15 heteroatoms. The van der Waals surface area contributed by atoms with Crippen molar-refractivity contribution in [2.24, 2.45) is 0 Å². The molecule has 0 bridgehead atoms. The number of carbonyl (C=O) groups is 1. The highest BCUT2D eigenvalue weighted by Crippen LogP contribution is 2.46. The number of nitrogens with one attached hydrogen (secondary N) is 2. The largest absolute Gasteiger partial charge is 0.461 e. The molecule has 244 valence electrons. The molecule has 8 rings (SSSR count). The fourth-order valence-corrected chi connectivity index (χ4v) is 8.73.